The molecule has 0 aliphatic rings. The number of hydrogen-bond donors (Lipinski definition) is 3. The zero-order valence-corrected chi connectivity index (χ0v) is 10.8. The molecule has 1 aromatic heterocycles. The fourth-order valence-corrected chi connectivity index (χ4v) is 0.797. The Balaban J connectivity index is 0.00000169. The summed E-state index contributed by atoms with van der Waals surface area (Å²) in [4.78, 5) is 35.9. The molecule has 0 radical (unpaired) electrons. The second-order valence-electron chi connectivity index (χ2n) is 2.19. The first-order chi connectivity index (χ1) is 6.06. The van der Waals surface area contributed by atoms with E-state index in [1.807, 2.05) is 0 Å². The number of rotatable bonds is 1. The molecule has 1 rings (SSSR count). The fraction of sp³-hybridized carbons (Fsp3) is 0.167. The summed E-state index contributed by atoms with van der Waals surface area (Å²) in [6.45, 7) is 0. The van der Waals surface area contributed by atoms with Crippen LogP contribution in [0, 0.1) is 0 Å². The van der Waals surface area contributed by atoms with E-state index in [1.54, 1.807) is 9.97 Å². The first-order valence-electron chi connectivity index (χ1n) is 3.32. The molecule has 0 aliphatic carbocycles. The Kier molecular flexibility index (Phi) is 5.30. The van der Waals surface area contributed by atoms with Gasteiger partial charge in [0, 0.05) is 7.05 Å². The molecular formula is C6H6KN3O4. The number of aromatic nitrogens is 2. The summed E-state index contributed by atoms with van der Waals surface area (Å²) in [6.07, 6.45) is 0. The van der Waals surface area contributed by atoms with Crippen molar-refractivity contribution in [2.24, 2.45) is 0 Å². The van der Waals surface area contributed by atoms with E-state index < -0.39 is 28.6 Å². The molecule has 3 N–H and O–H groups in total. The molecule has 0 aromatic carbocycles. The van der Waals surface area contributed by atoms with E-state index in [4.69, 9.17) is 0 Å². The van der Waals surface area contributed by atoms with E-state index in [0.717, 1.165) is 0 Å². The second kappa shape index (κ2) is 5.46. The van der Waals surface area contributed by atoms with Gasteiger partial charge >= 0.3 is 57.1 Å². The van der Waals surface area contributed by atoms with Gasteiger partial charge in [-0.3, -0.25) is 14.6 Å². The molecular weight excluding hydrogens is 217 g/mol. The van der Waals surface area contributed by atoms with Gasteiger partial charge in [-0.15, -0.1) is 0 Å². The molecule has 0 saturated heterocycles. The molecule has 0 atom stereocenters. The third-order valence-corrected chi connectivity index (χ3v) is 1.36. The van der Waals surface area contributed by atoms with Gasteiger partial charge in [0.15, 0.2) is 0 Å². The summed E-state index contributed by atoms with van der Waals surface area (Å²) in [5.41, 5.74) is -2.54. The van der Waals surface area contributed by atoms with E-state index >= 15 is 0 Å². The maximum atomic E-state index is 10.9. The number of hydrogen-bond acceptors (Lipinski definition) is 4. The molecule has 0 spiro atoms. The Morgan fingerprint density at radius 1 is 1.36 bits per heavy atom. The third-order valence-electron chi connectivity index (χ3n) is 1.36. The SMILES string of the molecule is CNC(=O)c1c([O-])[nH]c(=O)[nH]c1=O.[K+]. The molecule has 0 fully saturated rings. The van der Waals surface area contributed by atoms with Crippen molar-refractivity contribution in [3.05, 3.63) is 26.4 Å². The van der Waals surface area contributed by atoms with E-state index in [0.29, 0.717) is 0 Å². The normalized spacial score (nSPS) is 8.93. The van der Waals surface area contributed by atoms with Crippen LogP contribution in [0.5, 0.6) is 5.88 Å². The van der Waals surface area contributed by atoms with Crippen molar-refractivity contribution in [3.8, 4) is 5.88 Å². The monoisotopic (exact) mass is 223 g/mol. The van der Waals surface area contributed by atoms with Crippen molar-refractivity contribution in [1.29, 1.82) is 0 Å². The van der Waals surface area contributed by atoms with Crippen molar-refractivity contribution < 1.29 is 61.3 Å². The number of H-pyrrole nitrogens is 2. The third kappa shape index (κ3) is 2.79. The quantitative estimate of drug-likeness (QED) is 0.411. The molecule has 1 amide bonds. The van der Waals surface area contributed by atoms with Gasteiger partial charge in [-0.1, -0.05) is 0 Å². The Morgan fingerprint density at radius 2 is 1.93 bits per heavy atom. The fourth-order valence-electron chi connectivity index (χ4n) is 0.797. The predicted molar refractivity (Wildman–Crippen MR) is 40.5 cm³/mol. The molecule has 1 heterocycles. The largest absolute Gasteiger partial charge is 1.00 e. The van der Waals surface area contributed by atoms with Crippen LogP contribution < -0.4 is 73.1 Å². The minimum absolute atomic E-state index is 0. The minimum Gasteiger partial charge on any atom is -0.859 e. The predicted octanol–water partition coefficient (Wildman–Crippen LogP) is -5.50. The van der Waals surface area contributed by atoms with Crippen LogP contribution in [0.3, 0.4) is 0 Å². The molecule has 0 unspecified atom stereocenters. The summed E-state index contributed by atoms with van der Waals surface area (Å²) in [5, 5.41) is 13.0. The van der Waals surface area contributed by atoms with Gasteiger partial charge < -0.3 is 15.4 Å². The van der Waals surface area contributed by atoms with Gasteiger partial charge in [-0.25, -0.2) is 4.79 Å². The summed E-state index contributed by atoms with van der Waals surface area (Å²) >= 11 is 0. The Morgan fingerprint density at radius 3 is 2.36 bits per heavy atom. The number of amides is 1. The Labute approximate surface area is 120 Å². The van der Waals surface area contributed by atoms with Crippen LogP contribution in [0.2, 0.25) is 0 Å². The first kappa shape index (κ1) is 13.6. The zero-order valence-electron chi connectivity index (χ0n) is 7.63. The van der Waals surface area contributed by atoms with Crippen LogP contribution in [0.25, 0.3) is 0 Å². The maximum Gasteiger partial charge on any atom is 1.00 e. The molecule has 1 aromatic rings. The summed E-state index contributed by atoms with van der Waals surface area (Å²) < 4.78 is 0. The van der Waals surface area contributed by atoms with Crippen LogP contribution in [-0.2, 0) is 0 Å². The van der Waals surface area contributed by atoms with E-state index in [9.17, 15) is 19.5 Å². The van der Waals surface area contributed by atoms with Crippen molar-refractivity contribution in [2.45, 2.75) is 0 Å². The van der Waals surface area contributed by atoms with E-state index in [1.165, 1.54) is 7.05 Å². The molecule has 7 nitrogen and oxygen atoms in total. The molecule has 70 valence electrons. The smallest absolute Gasteiger partial charge is 0.859 e. The topological polar surface area (TPSA) is 118 Å². The first-order valence-corrected chi connectivity index (χ1v) is 3.32. The number of carbonyl (C=O) groups excluding carboxylic acids is 1. The van der Waals surface area contributed by atoms with Gasteiger partial charge in [0.25, 0.3) is 11.5 Å². The number of aromatic amines is 2. The van der Waals surface area contributed by atoms with Gasteiger partial charge in [-0.05, 0) is 5.88 Å². The molecule has 8 heteroatoms. The molecule has 0 bridgehead atoms. The minimum atomic E-state index is -0.992. The van der Waals surface area contributed by atoms with Crippen molar-refractivity contribution >= 4 is 5.91 Å². The van der Waals surface area contributed by atoms with Crippen LogP contribution in [0.4, 0.5) is 0 Å². The average Bonchev–Trinajstić information content (AvgIpc) is 2.02. The van der Waals surface area contributed by atoms with E-state index in [-0.39, 0.29) is 51.4 Å². The van der Waals surface area contributed by atoms with Crippen molar-refractivity contribution in [2.75, 3.05) is 7.05 Å². The van der Waals surface area contributed by atoms with Crippen LogP contribution >= 0.6 is 0 Å². The summed E-state index contributed by atoms with van der Waals surface area (Å²) in [6, 6.07) is 0. The van der Waals surface area contributed by atoms with Gasteiger partial charge in [-0.2, -0.15) is 0 Å². The van der Waals surface area contributed by atoms with E-state index in [2.05, 4.69) is 5.32 Å². The maximum absolute atomic E-state index is 10.9. The van der Waals surface area contributed by atoms with Crippen LogP contribution in [0.15, 0.2) is 9.59 Å². The summed E-state index contributed by atoms with van der Waals surface area (Å²) in [7, 11) is 1.27. The number of nitrogens with one attached hydrogen (secondary N) is 3. The summed E-state index contributed by atoms with van der Waals surface area (Å²) in [5.74, 6) is -1.82. The van der Waals surface area contributed by atoms with Crippen LogP contribution in [0.1, 0.15) is 10.4 Å². The van der Waals surface area contributed by atoms with Crippen LogP contribution in [-0.4, -0.2) is 22.9 Å². The molecule has 14 heavy (non-hydrogen) atoms. The number of carbonyl (C=O) groups is 1. The molecule has 0 aliphatic heterocycles. The second-order valence-corrected chi connectivity index (χ2v) is 2.19. The standard InChI is InChI=1S/C6H7N3O4.K/c1-7-3(10)2-4(11)8-6(13)9-5(2)12;/h1H3,(H,7,10)(H3,8,9,11,12,13);/q;+1/p-1. The van der Waals surface area contributed by atoms with Gasteiger partial charge in [0.1, 0.15) is 5.56 Å². The van der Waals surface area contributed by atoms with Gasteiger partial charge in [0.2, 0.25) is 0 Å². The average molecular weight is 223 g/mol. The van der Waals surface area contributed by atoms with Crippen molar-refractivity contribution in [1.82, 2.24) is 15.3 Å². The Hall–Kier alpha value is -0.414. The molecule has 0 saturated carbocycles. The zero-order chi connectivity index (χ0) is 10.0. The van der Waals surface area contributed by atoms with Gasteiger partial charge in [0.05, 0.1) is 0 Å². The van der Waals surface area contributed by atoms with Crippen molar-refractivity contribution in [3.63, 3.8) is 0 Å². The Bertz CT molecular complexity index is 449.